The summed E-state index contributed by atoms with van der Waals surface area (Å²) in [6, 6.07) is 0. The summed E-state index contributed by atoms with van der Waals surface area (Å²) >= 11 is 0. The number of unbranched alkanes of at least 4 members (excludes halogenated alkanes) is 1. The number of hydrogen-bond acceptors (Lipinski definition) is 5. The Morgan fingerprint density at radius 1 is 1.35 bits per heavy atom. The minimum absolute atomic E-state index is 0.299. The van der Waals surface area contributed by atoms with E-state index in [9.17, 15) is 4.79 Å². The van der Waals surface area contributed by atoms with Crippen LogP contribution in [0.3, 0.4) is 0 Å². The first-order valence-corrected chi connectivity index (χ1v) is 7.27. The minimum atomic E-state index is -1.06. The van der Waals surface area contributed by atoms with E-state index in [4.69, 9.17) is 14.5 Å². The Labute approximate surface area is 121 Å². The molecule has 1 saturated heterocycles. The number of methoxy groups -OCH3 is 1. The summed E-state index contributed by atoms with van der Waals surface area (Å²) in [4.78, 5) is 22.3. The van der Waals surface area contributed by atoms with E-state index in [1.54, 1.807) is 6.92 Å². The van der Waals surface area contributed by atoms with E-state index in [-0.39, 0.29) is 5.60 Å². The quantitative estimate of drug-likeness (QED) is 0.426. The van der Waals surface area contributed by atoms with E-state index >= 15 is 0 Å². The van der Waals surface area contributed by atoms with Gasteiger partial charge in [-0.15, -0.1) is 0 Å². The van der Waals surface area contributed by atoms with Gasteiger partial charge in [-0.1, -0.05) is 26.7 Å². The van der Waals surface area contributed by atoms with Crippen molar-refractivity contribution in [2.75, 3.05) is 13.7 Å². The fraction of sp³-hybridized carbons (Fsp3) is 0.800. The molecule has 0 aromatic rings. The number of ether oxygens (including phenoxy) is 2. The molecule has 2 unspecified atom stereocenters. The largest absolute Gasteiger partial charge is 0.466 e. The monoisotopic (exact) mass is 286 g/mol. The van der Waals surface area contributed by atoms with Gasteiger partial charge in [-0.2, -0.15) is 4.89 Å². The summed E-state index contributed by atoms with van der Waals surface area (Å²) in [5.74, 6) is -1.51. The van der Waals surface area contributed by atoms with E-state index < -0.39 is 11.8 Å². The first-order chi connectivity index (χ1) is 9.49. The van der Waals surface area contributed by atoms with Crippen LogP contribution in [0.1, 0.15) is 52.9 Å². The lowest BCUT2D eigenvalue weighted by atomic mass is 9.91. The minimum Gasteiger partial charge on any atom is -0.466 e. The molecule has 0 aromatic heterocycles. The summed E-state index contributed by atoms with van der Waals surface area (Å²) in [6.07, 6.45) is 7.61. The molecule has 0 saturated carbocycles. The molecule has 20 heavy (non-hydrogen) atoms. The molecule has 0 aliphatic carbocycles. The molecule has 5 nitrogen and oxygen atoms in total. The first kappa shape index (κ1) is 17.1. The lowest BCUT2D eigenvalue weighted by molar-refractivity contribution is -0.431. The highest BCUT2D eigenvalue weighted by atomic mass is 17.2. The highest BCUT2D eigenvalue weighted by Crippen LogP contribution is 2.33. The summed E-state index contributed by atoms with van der Waals surface area (Å²) < 4.78 is 10.2. The number of hydrogen-bond donors (Lipinski definition) is 0. The Morgan fingerprint density at radius 3 is 2.70 bits per heavy atom. The molecule has 1 fully saturated rings. The topological polar surface area (TPSA) is 54.0 Å². The van der Waals surface area contributed by atoms with Gasteiger partial charge in [-0.05, 0) is 25.8 Å². The summed E-state index contributed by atoms with van der Waals surface area (Å²) in [6.45, 7) is 6.49. The number of carbonyl (C=O) groups excluding carboxylic acids is 1. The first-order valence-electron chi connectivity index (χ1n) is 7.27. The van der Waals surface area contributed by atoms with Gasteiger partial charge in [-0.25, -0.2) is 9.68 Å². The average molecular weight is 286 g/mol. The zero-order chi connectivity index (χ0) is 15.1. The van der Waals surface area contributed by atoms with Crippen LogP contribution < -0.4 is 0 Å². The van der Waals surface area contributed by atoms with Gasteiger partial charge in [0.1, 0.15) is 5.60 Å². The second-order valence-electron chi connectivity index (χ2n) is 5.28. The smallest absolute Gasteiger partial charge is 0.330 e. The fourth-order valence-corrected chi connectivity index (χ4v) is 2.12. The lowest BCUT2D eigenvalue weighted by Crippen LogP contribution is -2.34. The van der Waals surface area contributed by atoms with E-state index in [1.807, 2.05) is 0 Å². The van der Waals surface area contributed by atoms with Crippen LogP contribution in [0.2, 0.25) is 0 Å². The molecular weight excluding hydrogens is 260 g/mol. The van der Waals surface area contributed by atoms with Crippen molar-refractivity contribution in [1.82, 2.24) is 0 Å². The van der Waals surface area contributed by atoms with Gasteiger partial charge in [0.05, 0.1) is 13.7 Å². The van der Waals surface area contributed by atoms with Gasteiger partial charge in [0.2, 0.25) is 5.79 Å². The number of carbonyl (C=O) groups is 1. The second kappa shape index (κ2) is 7.76. The standard InChI is InChI=1S/C15H26O5/c1-5-7-9-15(6-2)11-12-18-14(3,19-20-15)10-8-13(16)17-4/h8,10H,5-7,9,11-12H2,1-4H3/b10-8+. The highest BCUT2D eigenvalue weighted by molar-refractivity contribution is 5.81. The molecule has 0 radical (unpaired) electrons. The Bertz CT molecular complexity index is 341. The molecule has 1 rings (SSSR count). The fourth-order valence-electron chi connectivity index (χ4n) is 2.12. The van der Waals surface area contributed by atoms with Crippen molar-refractivity contribution in [3.8, 4) is 0 Å². The Hall–Kier alpha value is -0.910. The van der Waals surface area contributed by atoms with Crippen LogP contribution in [0.25, 0.3) is 0 Å². The Kier molecular flexibility index (Phi) is 6.65. The third-order valence-corrected chi connectivity index (χ3v) is 3.68. The predicted molar refractivity (Wildman–Crippen MR) is 74.8 cm³/mol. The number of esters is 1. The van der Waals surface area contributed by atoms with E-state index in [1.165, 1.54) is 19.3 Å². The second-order valence-corrected chi connectivity index (χ2v) is 5.28. The van der Waals surface area contributed by atoms with Crippen LogP contribution in [0.4, 0.5) is 0 Å². The molecular formula is C15H26O5. The van der Waals surface area contributed by atoms with Crippen molar-refractivity contribution in [3.05, 3.63) is 12.2 Å². The zero-order valence-corrected chi connectivity index (χ0v) is 12.9. The van der Waals surface area contributed by atoms with Gasteiger partial charge in [0.15, 0.2) is 0 Å². The summed E-state index contributed by atoms with van der Waals surface area (Å²) in [7, 11) is 1.33. The van der Waals surface area contributed by atoms with E-state index in [2.05, 4.69) is 18.6 Å². The van der Waals surface area contributed by atoms with Gasteiger partial charge < -0.3 is 9.47 Å². The lowest BCUT2D eigenvalue weighted by Gasteiger charge is -2.30. The molecule has 0 aromatic carbocycles. The van der Waals surface area contributed by atoms with Crippen molar-refractivity contribution >= 4 is 5.97 Å². The molecule has 1 heterocycles. The van der Waals surface area contributed by atoms with Crippen molar-refractivity contribution < 1.29 is 24.0 Å². The molecule has 0 N–H and O–H groups in total. The molecule has 2 atom stereocenters. The number of rotatable bonds is 6. The highest BCUT2D eigenvalue weighted by Gasteiger charge is 2.38. The molecule has 5 heteroatoms. The summed E-state index contributed by atoms with van der Waals surface area (Å²) in [5, 5.41) is 0. The molecule has 1 aliphatic heterocycles. The van der Waals surface area contributed by atoms with Crippen LogP contribution in [0.5, 0.6) is 0 Å². The zero-order valence-electron chi connectivity index (χ0n) is 12.9. The van der Waals surface area contributed by atoms with Gasteiger partial charge in [0, 0.05) is 12.5 Å². The van der Waals surface area contributed by atoms with Gasteiger partial charge >= 0.3 is 5.97 Å². The summed E-state index contributed by atoms with van der Waals surface area (Å²) in [5.41, 5.74) is -0.299. The van der Waals surface area contributed by atoms with Crippen molar-refractivity contribution in [2.45, 2.75) is 64.3 Å². The third kappa shape index (κ3) is 4.89. The average Bonchev–Trinajstić information content (AvgIpc) is 2.63. The van der Waals surface area contributed by atoms with Crippen LogP contribution in [-0.2, 0) is 24.0 Å². The van der Waals surface area contributed by atoms with Crippen molar-refractivity contribution in [3.63, 3.8) is 0 Å². The van der Waals surface area contributed by atoms with E-state index in [0.717, 1.165) is 32.1 Å². The molecule has 1 aliphatic rings. The normalized spacial score (nSPS) is 31.2. The maximum Gasteiger partial charge on any atom is 0.330 e. The SMILES string of the molecule is CCCCC1(CC)CCOC(C)(/C=C/C(=O)OC)OO1. The van der Waals surface area contributed by atoms with Crippen LogP contribution in [0.15, 0.2) is 12.2 Å². The Morgan fingerprint density at radius 2 is 2.10 bits per heavy atom. The molecule has 0 spiro atoms. The maximum absolute atomic E-state index is 11.1. The van der Waals surface area contributed by atoms with E-state index in [0.29, 0.717) is 6.61 Å². The molecule has 0 bridgehead atoms. The molecule has 116 valence electrons. The van der Waals surface area contributed by atoms with Crippen LogP contribution in [-0.4, -0.2) is 31.1 Å². The van der Waals surface area contributed by atoms with Crippen molar-refractivity contribution in [1.29, 1.82) is 0 Å². The van der Waals surface area contributed by atoms with Crippen LogP contribution >= 0.6 is 0 Å². The maximum atomic E-state index is 11.1. The van der Waals surface area contributed by atoms with Gasteiger partial charge in [-0.3, -0.25) is 0 Å². The molecule has 0 amide bonds. The third-order valence-electron chi connectivity index (χ3n) is 3.68. The predicted octanol–water partition coefficient (Wildman–Crippen LogP) is 3.14. The van der Waals surface area contributed by atoms with Gasteiger partial charge in [0.25, 0.3) is 0 Å². The van der Waals surface area contributed by atoms with Crippen LogP contribution in [0, 0.1) is 0 Å². The van der Waals surface area contributed by atoms with Crippen molar-refractivity contribution in [2.24, 2.45) is 0 Å². The Balaban J connectivity index is 2.69.